The molecule has 6 heteroatoms. The first-order chi connectivity index (χ1) is 10.9. The molecule has 0 spiro atoms. The SMILES string of the molecule is CC(c1ccccc1Cl)N(C)C(=O)Nc1ccc(C#N)c(Cl)c1. The van der Waals surface area contributed by atoms with Gasteiger partial charge in [-0.2, -0.15) is 5.26 Å². The van der Waals surface area contributed by atoms with Crippen LogP contribution in [-0.4, -0.2) is 18.0 Å². The number of anilines is 1. The van der Waals surface area contributed by atoms with Gasteiger partial charge in [-0.25, -0.2) is 4.79 Å². The van der Waals surface area contributed by atoms with Crippen molar-refractivity contribution < 1.29 is 4.79 Å². The van der Waals surface area contributed by atoms with Gasteiger partial charge in [-0.3, -0.25) is 0 Å². The number of nitrogens with one attached hydrogen (secondary N) is 1. The Morgan fingerprint density at radius 2 is 1.91 bits per heavy atom. The second kappa shape index (κ2) is 7.36. The molecule has 2 aromatic rings. The van der Waals surface area contributed by atoms with E-state index in [1.165, 1.54) is 0 Å². The van der Waals surface area contributed by atoms with Gasteiger partial charge in [-0.1, -0.05) is 41.4 Å². The Labute approximate surface area is 145 Å². The normalized spacial score (nSPS) is 11.4. The summed E-state index contributed by atoms with van der Waals surface area (Å²) in [5.41, 5.74) is 1.75. The molecule has 1 N–H and O–H groups in total. The zero-order valence-electron chi connectivity index (χ0n) is 12.7. The van der Waals surface area contributed by atoms with Crippen molar-refractivity contribution in [1.29, 1.82) is 5.26 Å². The van der Waals surface area contributed by atoms with Crippen molar-refractivity contribution in [3.05, 3.63) is 63.6 Å². The fourth-order valence-electron chi connectivity index (χ4n) is 2.09. The lowest BCUT2D eigenvalue weighted by atomic mass is 10.1. The van der Waals surface area contributed by atoms with Crippen molar-refractivity contribution in [1.82, 2.24) is 4.90 Å². The smallest absolute Gasteiger partial charge is 0.321 e. The maximum atomic E-state index is 12.4. The first-order valence-corrected chi connectivity index (χ1v) is 7.67. The van der Waals surface area contributed by atoms with Crippen LogP contribution < -0.4 is 5.32 Å². The second-order valence-electron chi connectivity index (χ2n) is 5.04. The number of hydrogen-bond acceptors (Lipinski definition) is 2. The molecule has 0 bridgehead atoms. The average Bonchev–Trinajstić information content (AvgIpc) is 2.54. The van der Waals surface area contributed by atoms with Crippen LogP contribution >= 0.6 is 23.2 Å². The van der Waals surface area contributed by atoms with E-state index < -0.39 is 0 Å². The number of halogens is 2. The van der Waals surface area contributed by atoms with Gasteiger partial charge in [-0.05, 0) is 36.8 Å². The summed E-state index contributed by atoms with van der Waals surface area (Å²) in [6, 6.07) is 13.6. The number of nitriles is 1. The fraction of sp³-hybridized carbons (Fsp3) is 0.176. The molecule has 0 fully saturated rings. The standard InChI is InChI=1S/C17H15Cl2N3O/c1-11(14-5-3-4-6-15(14)18)22(2)17(23)21-13-8-7-12(10-20)16(19)9-13/h3-9,11H,1-2H3,(H,21,23). The van der Waals surface area contributed by atoms with Gasteiger partial charge in [0.05, 0.1) is 16.6 Å². The molecule has 4 nitrogen and oxygen atoms in total. The van der Waals surface area contributed by atoms with E-state index in [1.807, 2.05) is 31.2 Å². The van der Waals surface area contributed by atoms with E-state index in [1.54, 1.807) is 36.2 Å². The summed E-state index contributed by atoms with van der Waals surface area (Å²) in [5, 5.41) is 12.5. The van der Waals surface area contributed by atoms with Gasteiger partial charge in [0.15, 0.2) is 0 Å². The number of benzene rings is 2. The highest BCUT2D eigenvalue weighted by Gasteiger charge is 2.19. The molecular weight excluding hydrogens is 333 g/mol. The Morgan fingerprint density at radius 1 is 1.22 bits per heavy atom. The summed E-state index contributed by atoms with van der Waals surface area (Å²) in [5.74, 6) is 0. The van der Waals surface area contributed by atoms with E-state index in [0.717, 1.165) is 5.56 Å². The third-order valence-corrected chi connectivity index (χ3v) is 4.25. The van der Waals surface area contributed by atoms with Crippen LogP contribution in [0.3, 0.4) is 0 Å². The highest BCUT2D eigenvalue weighted by molar-refractivity contribution is 6.32. The van der Waals surface area contributed by atoms with Crippen molar-refractivity contribution in [3.63, 3.8) is 0 Å². The van der Waals surface area contributed by atoms with Crippen LogP contribution in [-0.2, 0) is 0 Å². The van der Waals surface area contributed by atoms with E-state index in [2.05, 4.69) is 5.32 Å². The van der Waals surface area contributed by atoms with E-state index in [9.17, 15) is 4.79 Å². The second-order valence-corrected chi connectivity index (χ2v) is 5.86. The Bertz CT molecular complexity index is 771. The number of carbonyl (C=O) groups is 1. The highest BCUT2D eigenvalue weighted by atomic mass is 35.5. The number of carbonyl (C=O) groups excluding carboxylic acids is 1. The maximum absolute atomic E-state index is 12.4. The molecular formula is C17H15Cl2N3O. The van der Waals surface area contributed by atoms with E-state index >= 15 is 0 Å². The summed E-state index contributed by atoms with van der Waals surface area (Å²) in [4.78, 5) is 13.9. The van der Waals surface area contributed by atoms with Gasteiger partial charge in [0, 0.05) is 17.8 Å². The molecule has 2 amide bonds. The van der Waals surface area contributed by atoms with Gasteiger partial charge < -0.3 is 10.2 Å². The van der Waals surface area contributed by atoms with Gasteiger partial charge in [0.25, 0.3) is 0 Å². The quantitative estimate of drug-likeness (QED) is 0.840. The van der Waals surface area contributed by atoms with Crippen LogP contribution in [0.5, 0.6) is 0 Å². The summed E-state index contributed by atoms with van der Waals surface area (Å²) < 4.78 is 0. The van der Waals surface area contributed by atoms with Crippen LogP contribution in [0.2, 0.25) is 10.0 Å². The Balaban J connectivity index is 2.13. The minimum atomic E-state index is -0.293. The van der Waals surface area contributed by atoms with Crippen LogP contribution in [0, 0.1) is 11.3 Å². The molecule has 0 aliphatic heterocycles. The van der Waals surface area contributed by atoms with Gasteiger partial charge in [-0.15, -0.1) is 0 Å². The maximum Gasteiger partial charge on any atom is 0.322 e. The summed E-state index contributed by atoms with van der Waals surface area (Å²) in [6.07, 6.45) is 0. The van der Waals surface area contributed by atoms with Gasteiger partial charge in [0.2, 0.25) is 0 Å². The van der Waals surface area contributed by atoms with Crippen molar-refractivity contribution in [3.8, 4) is 6.07 Å². The van der Waals surface area contributed by atoms with Crippen LogP contribution in [0.15, 0.2) is 42.5 Å². The van der Waals surface area contributed by atoms with Crippen LogP contribution in [0.4, 0.5) is 10.5 Å². The third-order valence-electron chi connectivity index (χ3n) is 3.60. The number of hydrogen-bond donors (Lipinski definition) is 1. The van der Waals surface area contributed by atoms with Crippen molar-refractivity contribution in [2.24, 2.45) is 0 Å². The monoisotopic (exact) mass is 347 g/mol. The molecule has 23 heavy (non-hydrogen) atoms. The lowest BCUT2D eigenvalue weighted by Crippen LogP contribution is -2.33. The average molecular weight is 348 g/mol. The molecule has 2 rings (SSSR count). The fourth-order valence-corrected chi connectivity index (χ4v) is 2.61. The molecule has 0 aromatic heterocycles. The summed E-state index contributed by atoms with van der Waals surface area (Å²) in [6.45, 7) is 1.90. The molecule has 1 atom stereocenters. The zero-order chi connectivity index (χ0) is 17.0. The number of nitrogens with zero attached hydrogens (tertiary/aromatic N) is 2. The first kappa shape index (κ1) is 17.1. The molecule has 0 saturated heterocycles. The topological polar surface area (TPSA) is 56.1 Å². The number of amides is 2. The largest absolute Gasteiger partial charge is 0.322 e. The molecule has 0 radical (unpaired) electrons. The Hall–Kier alpha value is -2.22. The van der Waals surface area contributed by atoms with E-state index in [0.29, 0.717) is 21.3 Å². The van der Waals surface area contributed by atoms with Crippen molar-refractivity contribution in [2.75, 3.05) is 12.4 Å². The van der Waals surface area contributed by atoms with Crippen molar-refractivity contribution >= 4 is 34.9 Å². The molecule has 118 valence electrons. The summed E-state index contributed by atoms with van der Waals surface area (Å²) in [7, 11) is 1.69. The zero-order valence-corrected chi connectivity index (χ0v) is 14.2. The molecule has 2 aromatic carbocycles. The minimum absolute atomic E-state index is 0.197. The number of rotatable bonds is 3. The predicted molar refractivity (Wildman–Crippen MR) is 92.8 cm³/mol. The first-order valence-electron chi connectivity index (χ1n) is 6.92. The van der Waals surface area contributed by atoms with E-state index in [4.69, 9.17) is 28.5 Å². The minimum Gasteiger partial charge on any atom is -0.321 e. The summed E-state index contributed by atoms with van der Waals surface area (Å²) >= 11 is 12.1. The molecule has 0 aliphatic carbocycles. The van der Waals surface area contributed by atoms with Gasteiger partial charge >= 0.3 is 6.03 Å². The van der Waals surface area contributed by atoms with Crippen LogP contribution in [0.25, 0.3) is 0 Å². The third kappa shape index (κ3) is 3.95. The van der Waals surface area contributed by atoms with E-state index in [-0.39, 0.29) is 12.1 Å². The van der Waals surface area contributed by atoms with Gasteiger partial charge in [0.1, 0.15) is 6.07 Å². The van der Waals surface area contributed by atoms with Crippen molar-refractivity contribution in [2.45, 2.75) is 13.0 Å². The predicted octanol–water partition coefficient (Wildman–Crippen LogP) is 5.09. The molecule has 0 saturated carbocycles. The lowest BCUT2D eigenvalue weighted by molar-refractivity contribution is 0.208. The highest BCUT2D eigenvalue weighted by Crippen LogP contribution is 2.27. The molecule has 0 aliphatic rings. The Morgan fingerprint density at radius 3 is 2.52 bits per heavy atom. The molecule has 1 unspecified atom stereocenters. The lowest BCUT2D eigenvalue weighted by Gasteiger charge is -2.26. The number of urea groups is 1. The molecule has 0 heterocycles. The Kier molecular flexibility index (Phi) is 5.49. The van der Waals surface area contributed by atoms with Crippen LogP contribution in [0.1, 0.15) is 24.1 Å².